The molecule has 0 fully saturated rings. The minimum absolute atomic E-state index is 0.263. The first-order valence-electron chi connectivity index (χ1n) is 4.72. The fourth-order valence-corrected chi connectivity index (χ4v) is 1.95. The zero-order chi connectivity index (χ0) is 10.5. The summed E-state index contributed by atoms with van der Waals surface area (Å²) in [6.45, 7) is 0. The molecule has 0 heterocycles. The molecule has 0 aliphatic rings. The predicted molar refractivity (Wildman–Crippen MR) is 65.6 cm³/mol. The molecule has 0 aliphatic carbocycles. The Labute approximate surface area is 91.1 Å². The molecule has 2 nitrogen and oxygen atoms in total. The highest BCUT2D eigenvalue weighted by molar-refractivity contribution is 7.34. The van der Waals surface area contributed by atoms with E-state index < -0.39 is 0 Å². The fraction of sp³-hybridized carbons (Fsp3) is 0. The topological polar surface area (TPSA) is 23.5 Å². The SMILES string of the molecule is OPN(c1ccccc1)c1ccccc1. The lowest BCUT2D eigenvalue weighted by Gasteiger charge is -2.21. The highest BCUT2D eigenvalue weighted by Crippen LogP contribution is 2.33. The van der Waals surface area contributed by atoms with Crippen LogP contribution in [0.4, 0.5) is 11.4 Å². The second-order valence-corrected chi connectivity index (χ2v) is 3.75. The van der Waals surface area contributed by atoms with Gasteiger partial charge in [-0.2, -0.15) is 0 Å². The van der Waals surface area contributed by atoms with E-state index in [1.807, 2.05) is 65.3 Å². The van der Waals surface area contributed by atoms with Gasteiger partial charge in [-0.25, -0.2) is 0 Å². The Morgan fingerprint density at radius 3 is 1.47 bits per heavy atom. The zero-order valence-corrected chi connectivity index (χ0v) is 9.17. The fourth-order valence-electron chi connectivity index (χ4n) is 1.42. The molecule has 2 aromatic rings. The van der Waals surface area contributed by atoms with Crippen LogP contribution in [0.1, 0.15) is 0 Å². The van der Waals surface area contributed by atoms with Gasteiger partial charge in [-0.15, -0.1) is 0 Å². The second kappa shape index (κ2) is 4.92. The molecule has 0 aliphatic heterocycles. The van der Waals surface area contributed by atoms with Crippen molar-refractivity contribution in [2.45, 2.75) is 0 Å². The van der Waals surface area contributed by atoms with E-state index in [1.165, 1.54) is 0 Å². The van der Waals surface area contributed by atoms with E-state index in [4.69, 9.17) is 0 Å². The maximum absolute atomic E-state index is 9.39. The van der Waals surface area contributed by atoms with Crippen molar-refractivity contribution < 1.29 is 4.89 Å². The van der Waals surface area contributed by atoms with Crippen LogP contribution < -0.4 is 4.67 Å². The predicted octanol–water partition coefficient (Wildman–Crippen LogP) is 3.33. The van der Waals surface area contributed by atoms with Crippen LogP contribution in [0.3, 0.4) is 0 Å². The zero-order valence-electron chi connectivity index (χ0n) is 8.17. The first kappa shape index (κ1) is 10.2. The molecule has 76 valence electrons. The average Bonchev–Trinajstić information content (AvgIpc) is 2.33. The van der Waals surface area contributed by atoms with Gasteiger partial charge in [-0.1, -0.05) is 36.4 Å². The molecule has 2 rings (SSSR count). The molecular weight excluding hydrogens is 205 g/mol. The Kier molecular flexibility index (Phi) is 3.33. The van der Waals surface area contributed by atoms with Crippen LogP contribution in [0.15, 0.2) is 60.7 Å². The van der Waals surface area contributed by atoms with Crippen LogP contribution in [0.5, 0.6) is 0 Å². The minimum Gasteiger partial charge on any atom is -0.357 e. The molecule has 0 radical (unpaired) electrons. The van der Waals surface area contributed by atoms with Gasteiger partial charge in [0.25, 0.3) is 0 Å². The standard InChI is InChI=1S/C12H12NOP/c14-15-13(11-7-3-1-4-8-11)12-9-5-2-6-10-12/h1-10,14-15H. The van der Waals surface area contributed by atoms with E-state index in [1.54, 1.807) is 0 Å². The Morgan fingerprint density at radius 1 is 0.733 bits per heavy atom. The van der Waals surface area contributed by atoms with Gasteiger partial charge in [0, 0.05) is 11.4 Å². The van der Waals surface area contributed by atoms with Gasteiger partial charge in [0.15, 0.2) is 0 Å². The summed E-state index contributed by atoms with van der Waals surface area (Å²) in [4.78, 5) is 9.39. The van der Waals surface area contributed by atoms with Crippen molar-refractivity contribution in [2.24, 2.45) is 0 Å². The smallest absolute Gasteiger partial charge is 0.119 e. The van der Waals surface area contributed by atoms with Crippen LogP contribution in [0.2, 0.25) is 0 Å². The lowest BCUT2D eigenvalue weighted by molar-refractivity contribution is 0.645. The van der Waals surface area contributed by atoms with Crippen LogP contribution in [0.25, 0.3) is 0 Å². The lowest BCUT2D eigenvalue weighted by Crippen LogP contribution is -2.03. The van der Waals surface area contributed by atoms with Crippen molar-refractivity contribution in [3.8, 4) is 0 Å². The number of hydrogen-bond acceptors (Lipinski definition) is 2. The third kappa shape index (κ3) is 2.35. The van der Waals surface area contributed by atoms with Crippen molar-refractivity contribution in [1.29, 1.82) is 0 Å². The van der Waals surface area contributed by atoms with Crippen molar-refractivity contribution in [2.75, 3.05) is 4.67 Å². The third-order valence-corrected chi connectivity index (χ3v) is 2.85. The second-order valence-electron chi connectivity index (χ2n) is 3.11. The molecule has 0 bridgehead atoms. The van der Waals surface area contributed by atoms with Gasteiger partial charge in [-0.3, -0.25) is 4.67 Å². The number of anilines is 2. The summed E-state index contributed by atoms with van der Waals surface area (Å²) in [7, 11) is -0.263. The highest BCUT2D eigenvalue weighted by atomic mass is 31.1. The Morgan fingerprint density at radius 2 is 1.13 bits per heavy atom. The summed E-state index contributed by atoms with van der Waals surface area (Å²) in [5, 5.41) is 0. The first-order valence-corrected chi connectivity index (χ1v) is 5.61. The molecule has 1 N–H and O–H groups in total. The van der Waals surface area contributed by atoms with E-state index in [-0.39, 0.29) is 8.96 Å². The molecule has 1 atom stereocenters. The molecule has 0 aromatic heterocycles. The summed E-state index contributed by atoms with van der Waals surface area (Å²) in [5.41, 5.74) is 2.01. The van der Waals surface area contributed by atoms with Crippen LogP contribution in [-0.2, 0) is 0 Å². The van der Waals surface area contributed by atoms with Crippen molar-refractivity contribution in [3.05, 3.63) is 60.7 Å². The van der Waals surface area contributed by atoms with Crippen molar-refractivity contribution >= 4 is 20.3 Å². The average molecular weight is 217 g/mol. The number of para-hydroxylation sites is 2. The molecular formula is C12H12NOP. The van der Waals surface area contributed by atoms with Gasteiger partial charge >= 0.3 is 0 Å². The number of hydrogen-bond donors (Lipinski definition) is 1. The quantitative estimate of drug-likeness (QED) is 0.797. The van der Waals surface area contributed by atoms with E-state index in [0.717, 1.165) is 11.4 Å². The maximum Gasteiger partial charge on any atom is 0.119 e. The summed E-state index contributed by atoms with van der Waals surface area (Å²) in [6.07, 6.45) is 0. The van der Waals surface area contributed by atoms with Crippen molar-refractivity contribution in [1.82, 2.24) is 0 Å². The van der Waals surface area contributed by atoms with Crippen LogP contribution in [-0.4, -0.2) is 4.89 Å². The lowest BCUT2D eigenvalue weighted by atomic mass is 10.3. The van der Waals surface area contributed by atoms with Gasteiger partial charge in [0.1, 0.15) is 8.96 Å². The van der Waals surface area contributed by atoms with Crippen LogP contribution >= 0.6 is 8.96 Å². The largest absolute Gasteiger partial charge is 0.357 e. The monoisotopic (exact) mass is 217 g/mol. The number of benzene rings is 2. The van der Waals surface area contributed by atoms with Crippen LogP contribution in [0, 0.1) is 0 Å². The number of rotatable bonds is 3. The summed E-state index contributed by atoms with van der Waals surface area (Å²) < 4.78 is 1.88. The summed E-state index contributed by atoms with van der Waals surface area (Å²) in [5.74, 6) is 0. The molecule has 15 heavy (non-hydrogen) atoms. The molecule has 3 heteroatoms. The normalized spacial score (nSPS) is 10.7. The molecule has 0 saturated heterocycles. The maximum atomic E-state index is 9.39. The van der Waals surface area contributed by atoms with Gasteiger partial charge in [0.05, 0.1) is 0 Å². The summed E-state index contributed by atoms with van der Waals surface area (Å²) >= 11 is 0. The van der Waals surface area contributed by atoms with E-state index in [0.29, 0.717) is 0 Å². The van der Waals surface area contributed by atoms with E-state index in [2.05, 4.69) is 0 Å². The highest BCUT2D eigenvalue weighted by Gasteiger charge is 2.06. The van der Waals surface area contributed by atoms with E-state index >= 15 is 0 Å². The Balaban J connectivity index is 2.34. The minimum atomic E-state index is -0.263. The van der Waals surface area contributed by atoms with Crippen molar-refractivity contribution in [3.63, 3.8) is 0 Å². The first-order chi connectivity index (χ1) is 7.42. The molecule has 0 amide bonds. The van der Waals surface area contributed by atoms with Gasteiger partial charge < -0.3 is 4.89 Å². The number of nitrogens with zero attached hydrogens (tertiary/aromatic N) is 1. The third-order valence-electron chi connectivity index (χ3n) is 2.13. The molecule has 1 unspecified atom stereocenters. The molecule has 0 spiro atoms. The summed E-state index contributed by atoms with van der Waals surface area (Å²) in [6, 6.07) is 19.7. The Bertz CT molecular complexity index is 365. The molecule has 0 saturated carbocycles. The molecule has 2 aromatic carbocycles. The Hall–Kier alpha value is -1.37. The van der Waals surface area contributed by atoms with E-state index in [9.17, 15) is 4.89 Å². The van der Waals surface area contributed by atoms with Gasteiger partial charge in [0.2, 0.25) is 0 Å². The van der Waals surface area contributed by atoms with Gasteiger partial charge in [-0.05, 0) is 24.3 Å².